The van der Waals surface area contributed by atoms with Crippen molar-refractivity contribution in [1.82, 2.24) is 10.3 Å². The maximum Gasteiger partial charge on any atom is 0.335 e. The van der Waals surface area contributed by atoms with Gasteiger partial charge in [-0.15, -0.1) is 0 Å². The molecule has 0 atom stereocenters. The Labute approximate surface area is 101 Å². The first-order valence-electron chi connectivity index (χ1n) is 5.25. The number of alkyl halides is 2. The Morgan fingerprint density at radius 2 is 2.11 bits per heavy atom. The zero-order valence-corrected chi connectivity index (χ0v) is 9.19. The third kappa shape index (κ3) is 2.61. The summed E-state index contributed by atoms with van der Waals surface area (Å²) in [5.41, 5.74) is -0.167. The fourth-order valence-corrected chi connectivity index (χ4v) is 1.71. The molecule has 1 aromatic heterocycles. The van der Waals surface area contributed by atoms with Crippen LogP contribution in [0.5, 0.6) is 0 Å². The second-order valence-electron chi connectivity index (χ2n) is 4.17. The van der Waals surface area contributed by atoms with Crippen molar-refractivity contribution in [2.45, 2.75) is 24.8 Å². The first-order valence-corrected chi connectivity index (χ1v) is 5.25. The van der Waals surface area contributed by atoms with Gasteiger partial charge in [0.05, 0.1) is 5.56 Å². The molecule has 0 aromatic carbocycles. The molecule has 1 fully saturated rings. The lowest BCUT2D eigenvalue weighted by atomic mass is 9.88. The van der Waals surface area contributed by atoms with E-state index in [9.17, 15) is 18.4 Å². The summed E-state index contributed by atoms with van der Waals surface area (Å²) in [6.07, 6.45) is 0.405. The third-order valence-electron chi connectivity index (χ3n) is 2.66. The lowest BCUT2D eigenvalue weighted by Crippen LogP contribution is -2.50. The largest absolute Gasteiger partial charge is 0.478 e. The van der Waals surface area contributed by atoms with Crippen LogP contribution in [-0.2, 0) is 0 Å². The summed E-state index contributed by atoms with van der Waals surface area (Å²) in [5, 5.41) is 11.1. The van der Waals surface area contributed by atoms with Crippen LogP contribution in [-0.4, -0.2) is 33.9 Å². The van der Waals surface area contributed by atoms with E-state index < -0.39 is 36.7 Å². The third-order valence-corrected chi connectivity index (χ3v) is 2.66. The zero-order valence-electron chi connectivity index (χ0n) is 9.19. The standard InChI is InChI=1S/C11H10F2N2O3/c12-11(13)4-7(5-11)15-9(16)8-3-6(10(17)18)1-2-14-8/h1-3,7H,4-5H2,(H,15,16)(H,17,18). The second kappa shape index (κ2) is 4.32. The van der Waals surface area contributed by atoms with E-state index in [1.54, 1.807) is 0 Å². The highest BCUT2D eigenvalue weighted by Gasteiger charge is 2.46. The molecular formula is C11H10F2N2O3. The topological polar surface area (TPSA) is 79.3 Å². The number of carbonyl (C=O) groups is 2. The molecule has 2 N–H and O–H groups in total. The summed E-state index contributed by atoms with van der Waals surface area (Å²) in [6, 6.07) is 1.77. The minimum absolute atomic E-state index is 0.0749. The van der Waals surface area contributed by atoms with Crippen LogP contribution in [0.2, 0.25) is 0 Å². The maximum absolute atomic E-state index is 12.6. The lowest BCUT2D eigenvalue weighted by molar-refractivity contribution is -0.0901. The van der Waals surface area contributed by atoms with Gasteiger partial charge in [-0.2, -0.15) is 0 Å². The molecule has 1 aromatic rings. The molecule has 1 heterocycles. The summed E-state index contributed by atoms with van der Waals surface area (Å²) in [4.78, 5) is 26.0. The van der Waals surface area contributed by atoms with Crippen LogP contribution >= 0.6 is 0 Å². The summed E-state index contributed by atoms with van der Waals surface area (Å²) in [5.74, 6) is -4.53. The van der Waals surface area contributed by atoms with Gasteiger partial charge in [0.1, 0.15) is 5.69 Å². The number of hydrogen-bond acceptors (Lipinski definition) is 3. The number of carbonyl (C=O) groups excluding carboxylic acids is 1. The molecule has 0 unspecified atom stereocenters. The molecule has 0 bridgehead atoms. The summed E-state index contributed by atoms with van der Waals surface area (Å²) >= 11 is 0. The fourth-order valence-electron chi connectivity index (χ4n) is 1.71. The van der Waals surface area contributed by atoms with Gasteiger partial charge < -0.3 is 10.4 Å². The van der Waals surface area contributed by atoms with Crippen LogP contribution in [0.25, 0.3) is 0 Å². The quantitative estimate of drug-likeness (QED) is 0.854. The molecule has 96 valence electrons. The number of carboxylic acid groups (broad SMARTS) is 1. The van der Waals surface area contributed by atoms with Crippen LogP contribution in [0.3, 0.4) is 0 Å². The molecule has 1 saturated carbocycles. The highest BCUT2D eigenvalue weighted by molar-refractivity contribution is 5.95. The molecule has 7 heteroatoms. The minimum Gasteiger partial charge on any atom is -0.478 e. The van der Waals surface area contributed by atoms with Crippen LogP contribution in [0, 0.1) is 0 Å². The molecular weight excluding hydrogens is 246 g/mol. The van der Waals surface area contributed by atoms with Gasteiger partial charge in [0.25, 0.3) is 11.8 Å². The van der Waals surface area contributed by atoms with E-state index in [0.29, 0.717) is 0 Å². The van der Waals surface area contributed by atoms with E-state index in [1.165, 1.54) is 12.3 Å². The number of nitrogens with one attached hydrogen (secondary N) is 1. The number of aromatic carboxylic acids is 1. The Morgan fingerprint density at radius 3 is 2.67 bits per heavy atom. The number of carboxylic acids is 1. The first kappa shape index (κ1) is 12.4. The summed E-state index contributed by atoms with van der Waals surface area (Å²) in [7, 11) is 0. The van der Waals surface area contributed by atoms with Gasteiger partial charge in [-0.05, 0) is 12.1 Å². The lowest BCUT2D eigenvalue weighted by Gasteiger charge is -2.35. The van der Waals surface area contributed by atoms with Gasteiger partial charge in [-0.1, -0.05) is 0 Å². The summed E-state index contributed by atoms with van der Waals surface area (Å²) in [6.45, 7) is 0. The van der Waals surface area contributed by atoms with Crippen molar-refractivity contribution < 1.29 is 23.5 Å². The van der Waals surface area contributed by atoms with E-state index in [-0.39, 0.29) is 11.3 Å². The molecule has 0 radical (unpaired) electrons. The van der Waals surface area contributed by atoms with Crippen LogP contribution in [0.4, 0.5) is 8.78 Å². The molecule has 1 amide bonds. The normalized spacial score (nSPS) is 17.9. The molecule has 1 aliphatic carbocycles. The van der Waals surface area contributed by atoms with Gasteiger partial charge in [0.15, 0.2) is 0 Å². The average Bonchev–Trinajstić information content (AvgIpc) is 2.26. The minimum atomic E-state index is -2.71. The molecule has 0 saturated heterocycles. The number of amides is 1. The molecule has 1 aliphatic rings. The Hall–Kier alpha value is -2.05. The van der Waals surface area contributed by atoms with E-state index >= 15 is 0 Å². The highest BCUT2D eigenvalue weighted by atomic mass is 19.3. The highest BCUT2D eigenvalue weighted by Crippen LogP contribution is 2.37. The Balaban J connectivity index is 2.01. The molecule has 0 spiro atoms. The van der Waals surface area contributed by atoms with Crippen LogP contribution in [0.15, 0.2) is 18.3 Å². The molecule has 0 aliphatic heterocycles. The van der Waals surface area contributed by atoms with Crippen LogP contribution < -0.4 is 5.32 Å². The molecule has 2 rings (SSSR count). The molecule has 5 nitrogen and oxygen atoms in total. The number of halogens is 2. The number of pyridine rings is 1. The molecule has 18 heavy (non-hydrogen) atoms. The van der Waals surface area contributed by atoms with Crippen molar-refractivity contribution in [1.29, 1.82) is 0 Å². The zero-order chi connectivity index (χ0) is 13.3. The van der Waals surface area contributed by atoms with Crippen molar-refractivity contribution in [3.63, 3.8) is 0 Å². The number of nitrogens with zero attached hydrogens (tertiary/aromatic N) is 1. The SMILES string of the molecule is O=C(O)c1ccnc(C(=O)NC2CC(F)(F)C2)c1. The predicted octanol–water partition coefficient (Wildman–Crippen LogP) is 1.31. The van der Waals surface area contributed by atoms with Gasteiger partial charge in [-0.25, -0.2) is 13.6 Å². The van der Waals surface area contributed by atoms with Gasteiger partial charge >= 0.3 is 5.97 Å². The van der Waals surface area contributed by atoms with E-state index in [4.69, 9.17) is 5.11 Å². The fraction of sp³-hybridized carbons (Fsp3) is 0.364. The van der Waals surface area contributed by atoms with E-state index in [1.807, 2.05) is 0 Å². The number of hydrogen-bond donors (Lipinski definition) is 2. The maximum atomic E-state index is 12.6. The van der Waals surface area contributed by atoms with E-state index in [0.717, 1.165) is 6.07 Å². The van der Waals surface area contributed by atoms with Crippen molar-refractivity contribution in [3.05, 3.63) is 29.6 Å². The van der Waals surface area contributed by atoms with Gasteiger partial charge in [0, 0.05) is 25.1 Å². The Morgan fingerprint density at radius 1 is 1.44 bits per heavy atom. The van der Waals surface area contributed by atoms with Crippen molar-refractivity contribution in [3.8, 4) is 0 Å². The van der Waals surface area contributed by atoms with Gasteiger partial charge in [-0.3, -0.25) is 9.78 Å². The monoisotopic (exact) mass is 256 g/mol. The Bertz CT molecular complexity index is 497. The van der Waals surface area contributed by atoms with Crippen molar-refractivity contribution in [2.75, 3.05) is 0 Å². The average molecular weight is 256 g/mol. The smallest absolute Gasteiger partial charge is 0.335 e. The van der Waals surface area contributed by atoms with Crippen molar-refractivity contribution >= 4 is 11.9 Å². The van der Waals surface area contributed by atoms with Crippen molar-refractivity contribution in [2.24, 2.45) is 0 Å². The number of rotatable bonds is 3. The van der Waals surface area contributed by atoms with Gasteiger partial charge in [0.2, 0.25) is 0 Å². The number of aromatic nitrogens is 1. The Kier molecular flexibility index (Phi) is 2.98. The van der Waals surface area contributed by atoms with E-state index in [2.05, 4.69) is 10.3 Å². The second-order valence-corrected chi connectivity index (χ2v) is 4.17. The predicted molar refractivity (Wildman–Crippen MR) is 56.6 cm³/mol. The summed E-state index contributed by atoms with van der Waals surface area (Å²) < 4.78 is 25.1. The van der Waals surface area contributed by atoms with Crippen LogP contribution in [0.1, 0.15) is 33.7 Å². The first-order chi connectivity index (χ1) is 8.37.